The molecule has 2 aromatic rings. The highest BCUT2D eigenvalue weighted by Crippen LogP contribution is 2.49. The normalized spacial score (nSPS) is 26.7. The van der Waals surface area contributed by atoms with Crippen LogP contribution in [0.2, 0.25) is 0 Å². The van der Waals surface area contributed by atoms with Crippen molar-refractivity contribution >= 4 is 22.6 Å². The maximum absolute atomic E-state index is 5.13. The fourth-order valence-electron chi connectivity index (χ4n) is 4.90. The zero-order valence-electron chi connectivity index (χ0n) is 16.9. The van der Waals surface area contributed by atoms with Gasteiger partial charge in [0.1, 0.15) is 6.04 Å². The number of fused-ring (bicyclic) bond motifs is 1. The number of aliphatic imine (C=N–C) groups is 1. The van der Waals surface area contributed by atoms with Crippen molar-refractivity contribution in [3.05, 3.63) is 58.9 Å². The summed E-state index contributed by atoms with van der Waals surface area (Å²) in [7, 11) is 0. The summed E-state index contributed by atoms with van der Waals surface area (Å²) in [6, 6.07) is 11.2. The van der Waals surface area contributed by atoms with E-state index in [0.29, 0.717) is 5.25 Å². The molecule has 5 heteroatoms. The molecule has 2 saturated heterocycles. The molecule has 0 radical (unpaired) electrons. The number of nitrogens with zero attached hydrogens (tertiary/aromatic N) is 4. The number of pyridine rings is 1. The maximum atomic E-state index is 5.13. The van der Waals surface area contributed by atoms with E-state index in [1.54, 1.807) is 0 Å². The van der Waals surface area contributed by atoms with Gasteiger partial charge in [0.2, 0.25) is 0 Å². The first-order chi connectivity index (χ1) is 13.6. The SMILES string of the molecule is Cc1c([C@@H]2[C@@H](c3ccccn3)N=C3S[C@@H](C)CN32)ccc(N2CCCC2)c1C. The van der Waals surface area contributed by atoms with Crippen LogP contribution in [0.25, 0.3) is 0 Å². The third kappa shape index (κ3) is 2.91. The summed E-state index contributed by atoms with van der Waals surface area (Å²) in [4.78, 5) is 14.9. The van der Waals surface area contributed by atoms with Gasteiger partial charge in [-0.05, 0) is 61.6 Å². The van der Waals surface area contributed by atoms with Gasteiger partial charge in [-0.2, -0.15) is 0 Å². The molecular weight excluding hydrogens is 364 g/mol. The van der Waals surface area contributed by atoms with Crippen LogP contribution in [0, 0.1) is 13.8 Å². The van der Waals surface area contributed by atoms with Gasteiger partial charge < -0.3 is 9.80 Å². The smallest absolute Gasteiger partial charge is 0.160 e. The Balaban J connectivity index is 1.57. The van der Waals surface area contributed by atoms with E-state index in [1.165, 1.54) is 53.5 Å². The number of anilines is 1. The predicted octanol–water partition coefficient (Wildman–Crippen LogP) is 4.89. The minimum absolute atomic E-state index is 0.0759. The summed E-state index contributed by atoms with van der Waals surface area (Å²) in [5.41, 5.74) is 6.73. The van der Waals surface area contributed by atoms with Crippen LogP contribution in [0.3, 0.4) is 0 Å². The molecule has 3 atom stereocenters. The first-order valence-corrected chi connectivity index (χ1v) is 11.3. The lowest BCUT2D eigenvalue weighted by atomic mass is 9.90. The quantitative estimate of drug-likeness (QED) is 0.744. The van der Waals surface area contributed by atoms with Gasteiger partial charge in [-0.25, -0.2) is 0 Å². The summed E-state index contributed by atoms with van der Waals surface area (Å²) >= 11 is 1.91. The monoisotopic (exact) mass is 392 g/mol. The van der Waals surface area contributed by atoms with Crippen molar-refractivity contribution in [2.75, 3.05) is 24.5 Å². The predicted molar refractivity (Wildman–Crippen MR) is 118 cm³/mol. The first-order valence-electron chi connectivity index (χ1n) is 10.4. The van der Waals surface area contributed by atoms with Crippen LogP contribution in [0.15, 0.2) is 41.5 Å². The Morgan fingerprint density at radius 2 is 1.86 bits per heavy atom. The molecule has 2 fully saturated rings. The van der Waals surface area contributed by atoms with Crippen LogP contribution < -0.4 is 4.90 Å². The first kappa shape index (κ1) is 18.0. The molecule has 5 rings (SSSR count). The van der Waals surface area contributed by atoms with Crippen molar-refractivity contribution in [3.63, 3.8) is 0 Å². The highest BCUT2D eigenvalue weighted by Gasteiger charge is 2.44. The lowest BCUT2D eigenvalue weighted by molar-refractivity contribution is 0.320. The molecule has 0 saturated carbocycles. The highest BCUT2D eigenvalue weighted by atomic mass is 32.2. The van der Waals surface area contributed by atoms with Crippen molar-refractivity contribution < 1.29 is 0 Å². The number of hydrogen-bond donors (Lipinski definition) is 0. The van der Waals surface area contributed by atoms with Crippen LogP contribution >= 0.6 is 11.8 Å². The van der Waals surface area contributed by atoms with Gasteiger partial charge in [-0.1, -0.05) is 30.8 Å². The van der Waals surface area contributed by atoms with Crippen LogP contribution in [-0.4, -0.2) is 39.9 Å². The standard InChI is InChI=1S/C23H28N4S/c1-15-14-27-22(21(25-23(27)28-15)19-8-4-5-11-24-19)18-9-10-20(17(3)16(18)2)26-12-6-7-13-26/h4-5,8-11,15,21-22H,6-7,12-14H2,1-3H3/t15-,21+,22+/m0/s1. The number of thioether (sulfide) groups is 1. The minimum atomic E-state index is 0.0759. The Kier molecular flexibility index (Phi) is 4.58. The number of rotatable bonds is 3. The molecule has 4 heterocycles. The summed E-state index contributed by atoms with van der Waals surface area (Å²) in [5.74, 6) is 0. The second kappa shape index (κ2) is 7.11. The van der Waals surface area contributed by atoms with E-state index in [2.05, 4.69) is 59.8 Å². The molecule has 1 aromatic carbocycles. The number of amidine groups is 1. The molecule has 0 aliphatic carbocycles. The lowest BCUT2D eigenvalue weighted by Gasteiger charge is -2.30. The summed E-state index contributed by atoms with van der Waals surface area (Å²) in [5, 5.41) is 1.78. The van der Waals surface area contributed by atoms with E-state index in [1.807, 2.05) is 24.0 Å². The van der Waals surface area contributed by atoms with Crippen molar-refractivity contribution in [1.82, 2.24) is 9.88 Å². The van der Waals surface area contributed by atoms with Crippen LogP contribution in [0.1, 0.15) is 54.2 Å². The van der Waals surface area contributed by atoms with Crippen LogP contribution in [0.5, 0.6) is 0 Å². The number of hydrogen-bond acceptors (Lipinski definition) is 5. The van der Waals surface area contributed by atoms with Gasteiger partial charge in [-0.3, -0.25) is 9.98 Å². The molecule has 146 valence electrons. The lowest BCUT2D eigenvalue weighted by Crippen LogP contribution is -2.29. The Morgan fingerprint density at radius 1 is 1.04 bits per heavy atom. The minimum Gasteiger partial charge on any atom is -0.371 e. The Morgan fingerprint density at radius 3 is 2.61 bits per heavy atom. The Hall–Kier alpha value is -2.01. The summed E-state index contributed by atoms with van der Waals surface area (Å²) < 4.78 is 0. The van der Waals surface area contributed by atoms with E-state index < -0.39 is 0 Å². The molecule has 0 spiro atoms. The molecule has 0 bridgehead atoms. The zero-order valence-corrected chi connectivity index (χ0v) is 17.7. The van der Waals surface area contributed by atoms with Gasteiger partial charge in [0.25, 0.3) is 0 Å². The summed E-state index contributed by atoms with van der Waals surface area (Å²) in [6.07, 6.45) is 4.51. The van der Waals surface area contributed by atoms with E-state index >= 15 is 0 Å². The second-order valence-corrected chi connectivity index (χ2v) is 9.66. The molecule has 1 aromatic heterocycles. The number of benzene rings is 1. The number of aromatic nitrogens is 1. The average Bonchev–Trinajstić information content (AvgIpc) is 3.41. The molecule has 0 N–H and O–H groups in total. The molecule has 28 heavy (non-hydrogen) atoms. The molecule has 4 nitrogen and oxygen atoms in total. The fraction of sp³-hybridized carbons (Fsp3) is 0.478. The van der Waals surface area contributed by atoms with Crippen molar-refractivity contribution in [2.24, 2.45) is 4.99 Å². The average molecular weight is 393 g/mol. The van der Waals surface area contributed by atoms with E-state index in [9.17, 15) is 0 Å². The molecule has 0 unspecified atom stereocenters. The van der Waals surface area contributed by atoms with Gasteiger partial charge in [0.15, 0.2) is 5.17 Å². The van der Waals surface area contributed by atoms with Crippen LogP contribution in [0.4, 0.5) is 5.69 Å². The van der Waals surface area contributed by atoms with Gasteiger partial charge in [0, 0.05) is 36.8 Å². The molecule has 3 aliphatic heterocycles. The highest BCUT2D eigenvalue weighted by molar-refractivity contribution is 8.14. The summed E-state index contributed by atoms with van der Waals surface area (Å²) in [6.45, 7) is 10.3. The van der Waals surface area contributed by atoms with E-state index in [-0.39, 0.29) is 12.1 Å². The fourth-order valence-corrected chi connectivity index (χ4v) is 6.00. The molecule has 3 aliphatic rings. The van der Waals surface area contributed by atoms with E-state index in [0.717, 1.165) is 12.2 Å². The second-order valence-electron chi connectivity index (χ2n) is 8.25. The Labute approximate surface area is 172 Å². The van der Waals surface area contributed by atoms with Gasteiger partial charge in [-0.15, -0.1) is 0 Å². The zero-order chi connectivity index (χ0) is 19.3. The maximum Gasteiger partial charge on any atom is 0.160 e. The third-order valence-electron chi connectivity index (χ3n) is 6.45. The largest absolute Gasteiger partial charge is 0.371 e. The molecule has 0 amide bonds. The van der Waals surface area contributed by atoms with Crippen molar-refractivity contribution in [3.8, 4) is 0 Å². The van der Waals surface area contributed by atoms with Crippen molar-refractivity contribution in [1.29, 1.82) is 0 Å². The Bertz CT molecular complexity index is 904. The third-order valence-corrected chi connectivity index (χ3v) is 7.55. The van der Waals surface area contributed by atoms with Crippen LogP contribution in [-0.2, 0) is 0 Å². The topological polar surface area (TPSA) is 31.7 Å². The van der Waals surface area contributed by atoms with Crippen molar-refractivity contribution in [2.45, 2.75) is 50.9 Å². The van der Waals surface area contributed by atoms with E-state index in [4.69, 9.17) is 4.99 Å². The van der Waals surface area contributed by atoms with Gasteiger partial charge >= 0.3 is 0 Å². The van der Waals surface area contributed by atoms with Gasteiger partial charge in [0.05, 0.1) is 11.7 Å². The molecular formula is C23H28N4S.